The van der Waals surface area contributed by atoms with E-state index < -0.39 is 11.7 Å². The molecule has 4 aromatic rings. The number of alkyl halides is 3. The van der Waals surface area contributed by atoms with Crippen molar-refractivity contribution in [1.82, 2.24) is 20.5 Å². The molecule has 0 amide bonds. The van der Waals surface area contributed by atoms with E-state index in [1.807, 2.05) is 32.3 Å². The van der Waals surface area contributed by atoms with Crippen molar-refractivity contribution in [1.29, 1.82) is 0 Å². The lowest BCUT2D eigenvalue weighted by atomic mass is 9.91. The van der Waals surface area contributed by atoms with Crippen LogP contribution in [0.1, 0.15) is 36.8 Å². The number of rotatable bonds is 7. The molecule has 9 heteroatoms. The molecule has 2 heterocycles. The van der Waals surface area contributed by atoms with Crippen molar-refractivity contribution in [2.24, 2.45) is 0 Å². The van der Waals surface area contributed by atoms with Crippen molar-refractivity contribution in [3.8, 4) is 11.3 Å². The summed E-state index contributed by atoms with van der Waals surface area (Å²) in [4.78, 5) is 6.95. The van der Waals surface area contributed by atoms with Crippen LogP contribution in [0.25, 0.3) is 22.2 Å². The highest BCUT2D eigenvalue weighted by Gasteiger charge is 2.30. The highest BCUT2D eigenvalue weighted by molar-refractivity contribution is 5.93. The van der Waals surface area contributed by atoms with Crippen LogP contribution >= 0.6 is 0 Å². The Morgan fingerprint density at radius 2 is 1.68 bits per heavy atom. The van der Waals surface area contributed by atoms with Crippen LogP contribution in [0.2, 0.25) is 0 Å². The van der Waals surface area contributed by atoms with Crippen molar-refractivity contribution < 1.29 is 13.2 Å². The number of aromatic nitrogens is 3. The third-order valence-electron chi connectivity index (χ3n) is 7.06. The Bertz CT molecular complexity index is 1340. The van der Waals surface area contributed by atoms with Crippen LogP contribution in [-0.4, -0.2) is 41.4 Å². The Hall–Kier alpha value is -3.59. The van der Waals surface area contributed by atoms with E-state index in [2.05, 4.69) is 37.9 Å². The van der Waals surface area contributed by atoms with Crippen molar-refractivity contribution >= 4 is 22.4 Å². The Morgan fingerprint density at radius 3 is 2.38 bits per heavy atom. The van der Waals surface area contributed by atoms with E-state index in [1.54, 1.807) is 6.20 Å². The van der Waals surface area contributed by atoms with Gasteiger partial charge in [-0.15, -0.1) is 0 Å². The number of anilines is 2. The maximum atomic E-state index is 12.9. The SMILES string of the molecule is CN(C)c1cc(NC2CCC(NCc3cn[nH]c3-c3ccc(C(F)(F)F)cc3)CC2)nc2ccccc12. The molecule has 0 bridgehead atoms. The zero-order valence-electron chi connectivity index (χ0n) is 20.9. The Kier molecular flexibility index (Phi) is 7.06. The largest absolute Gasteiger partial charge is 0.416 e. The third kappa shape index (κ3) is 5.72. The third-order valence-corrected chi connectivity index (χ3v) is 7.06. The van der Waals surface area contributed by atoms with Gasteiger partial charge in [0.1, 0.15) is 5.82 Å². The van der Waals surface area contributed by atoms with Gasteiger partial charge >= 0.3 is 6.18 Å². The van der Waals surface area contributed by atoms with E-state index in [1.165, 1.54) is 12.1 Å². The Morgan fingerprint density at radius 1 is 0.973 bits per heavy atom. The van der Waals surface area contributed by atoms with Crippen LogP contribution in [0.15, 0.2) is 60.8 Å². The minimum absolute atomic E-state index is 0.360. The summed E-state index contributed by atoms with van der Waals surface area (Å²) < 4.78 is 38.7. The van der Waals surface area contributed by atoms with E-state index in [0.29, 0.717) is 24.2 Å². The lowest BCUT2D eigenvalue weighted by Gasteiger charge is -2.30. The topological polar surface area (TPSA) is 68.9 Å². The summed E-state index contributed by atoms with van der Waals surface area (Å²) in [5.41, 5.74) is 3.85. The van der Waals surface area contributed by atoms with Crippen LogP contribution in [0.3, 0.4) is 0 Å². The number of benzene rings is 2. The van der Waals surface area contributed by atoms with Crippen LogP contribution in [0, 0.1) is 0 Å². The summed E-state index contributed by atoms with van der Waals surface area (Å²) in [6.07, 6.45) is 1.50. The van der Waals surface area contributed by atoms with E-state index in [4.69, 9.17) is 4.98 Å². The number of hydrogen-bond donors (Lipinski definition) is 3. The fourth-order valence-electron chi connectivity index (χ4n) is 5.03. The predicted octanol–water partition coefficient (Wildman–Crippen LogP) is 6.22. The molecule has 1 fully saturated rings. The predicted molar refractivity (Wildman–Crippen MR) is 142 cm³/mol. The fraction of sp³-hybridized carbons (Fsp3) is 0.357. The van der Waals surface area contributed by atoms with Gasteiger partial charge < -0.3 is 15.5 Å². The second-order valence-corrected chi connectivity index (χ2v) is 9.86. The molecule has 1 saturated carbocycles. The van der Waals surface area contributed by atoms with Gasteiger partial charge in [-0.1, -0.05) is 30.3 Å². The zero-order valence-corrected chi connectivity index (χ0v) is 20.9. The van der Waals surface area contributed by atoms with Crippen LogP contribution in [0.4, 0.5) is 24.7 Å². The second-order valence-electron chi connectivity index (χ2n) is 9.86. The maximum Gasteiger partial charge on any atom is 0.416 e. The molecule has 6 nitrogen and oxygen atoms in total. The quantitative estimate of drug-likeness (QED) is 0.276. The van der Waals surface area contributed by atoms with Gasteiger partial charge in [0.25, 0.3) is 0 Å². The molecule has 3 N–H and O–H groups in total. The van der Waals surface area contributed by atoms with E-state index in [-0.39, 0.29) is 0 Å². The normalized spacial score (nSPS) is 18.2. The minimum Gasteiger partial charge on any atom is -0.377 e. The van der Waals surface area contributed by atoms with E-state index in [9.17, 15) is 13.2 Å². The number of hydrogen-bond acceptors (Lipinski definition) is 5. The molecule has 0 aliphatic heterocycles. The maximum absolute atomic E-state index is 12.9. The van der Waals surface area contributed by atoms with Gasteiger partial charge in [0.15, 0.2) is 0 Å². The summed E-state index contributed by atoms with van der Waals surface area (Å²) in [5, 5.41) is 15.5. The number of H-pyrrole nitrogens is 1. The Balaban J connectivity index is 1.17. The van der Waals surface area contributed by atoms with Gasteiger partial charge in [0.2, 0.25) is 0 Å². The number of aromatic amines is 1. The summed E-state index contributed by atoms with van der Waals surface area (Å²) in [6, 6.07) is 16.2. The number of pyridine rings is 1. The molecule has 0 radical (unpaired) electrons. The molecule has 0 atom stereocenters. The van der Waals surface area contributed by atoms with Crippen molar-refractivity contribution in [2.75, 3.05) is 24.3 Å². The van der Waals surface area contributed by atoms with Gasteiger partial charge in [-0.2, -0.15) is 18.3 Å². The average Bonchev–Trinajstić information content (AvgIpc) is 3.36. The van der Waals surface area contributed by atoms with Gasteiger partial charge in [0, 0.05) is 55.4 Å². The van der Waals surface area contributed by atoms with E-state index >= 15 is 0 Å². The van der Waals surface area contributed by atoms with Crippen LogP contribution in [0.5, 0.6) is 0 Å². The van der Waals surface area contributed by atoms with Gasteiger partial charge in [0.05, 0.1) is 23.0 Å². The molecular weight excluding hydrogens is 477 g/mol. The van der Waals surface area contributed by atoms with Gasteiger partial charge in [-0.05, 0) is 49.4 Å². The zero-order chi connectivity index (χ0) is 26.0. The number of para-hydroxylation sites is 1. The molecular formula is C28H31F3N6. The first-order valence-electron chi connectivity index (χ1n) is 12.5. The van der Waals surface area contributed by atoms with E-state index in [0.717, 1.165) is 71.5 Å². The molecule has 1 aliphatic carbocycles. The fourth-order valence-corrected chi connectivity index (χ4v) is 5.03. The number of fused-ring (bicyclic) bond motifs is 1. The first kappa shape index (κ1) is 25.1. The first-order valence-corrected chi connectivity index (χ1v) is 12.5. The highest BCUT2D eigenvalue weighted by Crippen LogP contribution is 2.32. The van der Waals surface area contributed by atoms with Gasteiger partial charge in [-0.3, -0.25) is 5.10 Å². The number of halogens is 3. The highest BCUT2D eigenvalue weighted by atomic mass is 19.4. The van der Waals surface area contributed by atoms with Gasteiger partial charge in [-0.25, -0.2) is 4.98 Å². The van der Waals surface area contributed by atoms with Crippen molar-refractivity contribution in [2.45, 2.75) is 50.5 Å². The second kappa shape index (κ2) is 10.4. The minimum atomic E-state index is -4.34. The monoisotopic (exact) mass is 508 g/mol. The summed E-state index contributed by atoms with van der Waals surface area (Å²) in [7, 11) is 4.09. The van der Waals surface area contributed by atoms with Crippen molar-refractivity contribution in [3.63, 3.8) is 0 Å². The molecule has 2 aromatic heterocycles. The standard InChI is InChI=1S/C28H31F3N6/c1-37(2)25-15-26(35-24-6-4-3-5-23(24)25)34-22-13-11-21(12-14-22)32-16-19-17-33-36-27(19)18-7-9-20(10-8-18)28(29,30)31/h3-10,15,17,21-22,32H,11-14,16H2,1-2H3,(H,33,36)(H,34,35). The molecule has 37 heavy (non-hydrogen) atoms. The molecule has 2 aromatic carbocycles. The molecule has 1 aliphatic rings. The first-order chi connectivity index (χ1) is 17.8. The molecule has 0 unspecified atom stereocenters. The van der Waals surface area contributed by atoms with Crippen LogP contribution < -0.4 is 15.5 Å². The Labute approximate surface area is 214 Å². The molecule has 5 rings (SSSR count). The number of nitrogens with zero attached hydrogens (tertiary/aromatic N) is 3. The summed E-state index contributed by atoms with van der Waals surface area (Å²) in [5.74, 6) is 0.901. The molecule has 194 valence electrons. The smallest absolute Gasteiger partial charge is 0.377 e. The molecule has 0 saturated heterocycles. The molecule has 0 spiro atoms. The average molecular weight is 509 g/mol. The summed E-state index contributed by atoms with van der Waals surface area (Å²) in [6.45, 7) is 0.605. The lowest BCUT2D eigenvalue weighted by molar-refractivity contribution is -0.137. The lowest BCUT2D eigenvalue weighted by Crippen LogP contribution is -2.36. The van der Waals surface area contributed by atoms with Crippen LogP contribution in [-0.2, 0) is 12.7 Å². The summed E-state index contributed by atoms with van der Waals surface area (Å²) >= 11 is 0. The number of nitrogens with one attached hydrogen (secondary N) is 3. The van der Waals surface area contributed by atoms with Crippen molar-refractivity contribution in [3.05, 3.63) is 71.9 Å².